The van der Waals surface area contributed by atoms with Crippen molar-refractivity contribution in [3.63, 3.8) is 0 Å². The molecule has 0 aliphatic heterocycles. The summed E-state index contributed by atoms with van der Waals surface area (Å²) in [4.78, 5) is 103. The van der Waals surface area contributed by atoms with Crippen molar-refractivity contribution in [2.45, 2.75) is 0 Å². The molecule has 2 aromatic heterocycles. The first kappa shape index (κ1) is 37.8. The summed E-state index contributed by atoms with van der Waals surface area (Å²) in [5.41, 5.74) is 0.490. The first-order valence-corrected chi connectivity index (χ1v) is 16.5. The normalized spacial score (nSPS) is 12.6. The summed E-state index contributed by atoms with van der Waals surface area (Å²) in [6.07, 6.45) is 0. The van der Waals surface area contributed by atoms with E-state index in [1.807, 2.05) is 38.0 Å². The molecule has 0 bridgehead atoms. The summed E-state index contributed by atoms with van der Waals surface area (Å²) in [7, 11) is 1.84. The van der Waals surface area contributed by atoms with E-state index in [-0.39, 0.29) is 44.3 Å². The van der Waals surface area contributed by atoms with E-state index in [9.17, 15) is 19.2 Å². The van der Waals surface area contributed by atoms with Crippen LogP contribution in [0.25, 0.3) is 0 Å². The number of phosphoric acid groups is 2. The molecular weight excluding hydrogens is 638 g/mol. The third-order valence-corrected chi connectivity index (χ3v) is 7.49. The smallest absolute Gasteiger partial charge is 0.340 e. The van der Waals surface area contributed by atoms with Crippen molar-refractivity contribution in [1.29, 1.82) is 0 Å². The zero-order valence-corrected chi connectivity index (χ0v) is 27.0. The van der Waals surface area contributed by atoms with Gasteiger partial charge in [-0.15, -0.1) is 22.7 Å². The quantitative estimate of drug-likeness (QED) is 0.173. The average molecular weight is 673 g/mol. The molecule has 2 aromatic rings. The molecule has 1 aliphatic carbocycles. The number of fused-ring (bicyclic) bond motifs is 2. The number of hydrogen-bond donors (Lipinski definition) is 6. The van der Waals surface area contributed by atoms with E-state index in [1.54, 1.807) is 23.9 Å². The topological polar surface area (TPSA) is 237 Å². The number of thiophene rings is 2. The van der Waals surface area contributed by atoms with Crippen LogP contribution < -0.4 is 0 Å². The number of carbonyl (C=O) groups is 4. The number of hydrogen-bond acceptors (Lipinski definition) is 10. The Kier molecular flexibility index (Phi) is 14.0. The Morgan fingerprint density at radius 3 is 1.17 bits per heavy atom. The molecule has 0 spiro atoms. The van der Waals surface area contributed by atoms with Gasteiger partial charge in [0.05, 0.1) is 19.5 Å². The Morgan fingerprint density at radius 1 is 0.619 bits per heavy atom. The minimum atomic E-state index is -4.64. The fraction of sp³-hybridized carbons (Fsp3) is 0.455. The Hall–Kier alpha value is -2.18. The van der Waals surface area contributed by atoms with Crippen LogP contribution in [0.4, 0.5) is 0 Å². The maximum Gasteiger partial charge on any atom is 0.466 e. The predicted octanol–water partition coefficient (Wildman–Crippen LogP) is -0.00500. The molecule has 0 aromatic carbocycles. The van der Waals surface area contributed by atoms with Gasteiger partial charge in [-0.05, 0) is 40.3 Å². The molecule has 0 atom stereocenters. The average Bonchev–Trinajstić information content (AvgIpc) is 3.47. The standard InChI is InChI=1S/C22H28N4O4S2.2H3O4P/c1-23(2)7-9-25(5)21(29)15-11-13-17(27)14-12-16(22(30)26(6)10-8-24(3)4)32-20(14)18(28)19(13)31-15;2*1-5(2,3)4/h11-12H,7-10H2,1-6H3;2*(H3,1,2,3,4). The summed E-state index contributed by atoms with van der Waals surface area (Å²) in [6, 6.07) is 3.03. The zero-order chi connectivity index (χ0) is 32.7. The Balaban J connectivity index is 0.000000759. The summed E-state index contributed by atoms with van der Waals surface area (Å²) in [5.74, 6) is -1.04. The van der Waals surface area contributed by atoms with Gasteiger partial charge < -0.3 is 49.0 Å². The van der Waals surface area contributed by atoms with Crippen LogP contribution in [0, 0.1) is 0 Å². The van der Waals surface area contributed by atoms with Gasteiger partial charge in [-0.2, -0.15) is 0 Å². The molecule has 0 radical (unpaired) electrons. The summed E-state index contributed by atoms with van der Waals surface area (Å²) < 4.78 is 17.8. The Bertz CT molecular complexity index is 1230. The van der Waals surface area contributed by atoms with Crippen molar-refractivity contribution in [2.75, 3.05) is 68.5 Å². The molecule has 0 saturated carbocycles. The summed E-state index contributed by atoms with van der Waals surface area (Å²) in [6.45, 7) is 2.50. The first-order valence-electron chi connectivity index (χ1n) is 11.7. The monoisotopic (exact) mass is 672 g/mol. The van der Waals surface area contributed by atoms with Gasteiger partial charge in [0.2, 0.25) is 5.78 Å². The van der Waals surface area contributed by atoms with Crippen molar-refractivity contribution in [3.8, 4) is 0 Å². The summed E-state index contributed by atoms with van der Waals surface area (Å²) >= 11 is 2.09. The van der Waals surface area contributed by atoms with Crippen LogP contribution >= 0.6 is 38.3 Å². The predicted molar refractivity (Wildman–Crippen MR) is 155 cm³/mol. The number of likely N-dealkylation sites (N-methyl/N-ethyl adjacent to an activating group) is 4. The van der Waals surface area contributed by atoms with E-state index in [2.05, 4.69) is 0 Å². The van der Waals surface area contributed by atoms with Crippen LogP contribution in [0.2, 0.25) is 0 Å². The third kappa shape index (κ3) is 12.6. The van der Waals surface area contributed by atoms with Crippen molar-refractivity contribution in [1.82, 2.24) is 19.6 Å². The molecule has 0 saturated heterocycles. The molecule has 0 unspecified atom stereocenters. The summed E-state index contributed by atoms with van der Waals surface area (Å²) in [5, 5.41) is 0. The van der Waals surface area contributed by atoms with E-state index < -0.39 is 15.6 Å². The fourth-order valence-corrected chi connectivity index (χ4v) is 5.45. The number of ketones is 2. The van der Waals surface area contributed by atoms with Gasteiger partial charge in [0, 0.05) is 51.4 Å². The third-order valence-electron chi connectivity index (χ3n) is 5.25. The molecule has 1 aliphatic rings. The van der Waals surface area contributed by atoms with Gasteiger partial charge in [0.1, 0.15) is 0 Å². The molecule has 16 nitrogen and oxygen atoms in total. The SMILES string of the molecule is CN(C)CCN(C)C(=O)c1cc2c(s1)C(=O)c1sc(C(=O)N(C)CCN(C)C)cc1C2=O.O=P(O)(O)O.O=P(O)(O)O. The highest BCUT2D eigenvalue weighted by molar-refractivity contribution is 7.45. The van der Waals surface area contributed by atoms with E-state index in [0.717, 1.165) is 22.7 Å². The molecule has 2 amide bonds. The maximum atomic E-state index is 13.1. The lowest BCUT2D eigenvalue weighted by atomic mass is 9.95. The highest BCUT2D eigenvalue weighted by Gasteiger charge is 2.36. The van der Waals surface area contributed by atoms with Gasteiger partial charge in [-0.1, -0.05) is 0 Å². The van der Waals surface area contributed by atoms with Gasteiger partial charge in [-0.3, -0.25) is 19.2 Å². The Labute approximate surface area is 249 Å². The minimum Gasteiger partial charge on any atom is -0.340 e. The van der Waals surface area contributed by atoms with Crippen LogP contribution in [-0.2, 0) is 9.13 Å². The molecule has 2 heterocycles. The largest absolute Gasteiger partial charge is 0.466 e. The molecule has 6 N–H and O–H groups in total. The van der Waals surface area contributed by atoms with Crippen LogP contribution in [-0.4, -0.2) is 141 Å². The van der Waals surface area contributed by atoms with E-state index in [1.165, 1.54) is 12.1 Å². The lowest BCUT2D eigenvalue weighted by Crippen LogP contribution is -2.33. The number of carbonyl (C=O) groups excluding carboxylic acids is 4. The van der Waals surface area contributed by atoms with E-state index in [0.29, 0.717) is 35.9 Å². The lowest BCUT2D eigenvalue weighted by Gasteiger charge is -2.18. The van der Waals surface area contributed by atoms with Crippen molar-refractivity contribution < 1.29 is 57.7 Å². The maximum absolute atomic E-state index is 13.1. The van der Waals surface area contributed by atoms with Crippen LogP contribution in [0.1, 0.15) is 49.8 Å². The molecule has 0 fully saturated rings. The highest BCUT2D eigenvalue weighted by Crippen LogP contribution is 2.38. The van der Waals surface area contributed by atoms with Gasteiger partial charge in [0.25, 0.3) is 11.8 Å². The second kappa shape index (κ2) is 15.5. The van der Waals surface area contributed by atoms with Gasteiger partial charge in [0.15, 0.2) is 5.78 Å². The molecular formula is C22H34N4O12P2S2. The zero-order valence-electron chi connectivity index (χ0n) is 23.6. The second-order valence-corrected chi connectivity index (χ2v) is 13.6. The lowest BCUT2D eigenvalue weighted by molar-refractivity contribution is 0.0783. The second-order valence-electron chi connectivity index (χ2n) is 9.45. The molecule has 42 heavy (non-hydrogen) atoms. The van der Waals surface area contributed by atoms with Gasteiger partial charge >= 0.3 is 15.6 Å². The van der Waals surface area contributed by atoms with E-state index in [4.69, 9.17) is 38.5 Å². The highest BCUT2D eigenvalue weighted by atomic mass is 32.1. The van der Waals surface area contributed by atoms with Crippen LogP contribution in [0.5, 0.6) is 0 Å². The number of rotatable bonds is 8. The van der Waals surface area contributed by atoms with Crippen LogP contribution in [0.15, 0.2) is 12.1 Å². The fourth-order valence-electron chi connectivity index (χ4n) is 3.20. The van der Waals surface area contributed by atoms with Crippen molar-refractivity contribution in [2.24, 2.45) is 0 Å². The molecule has 236 valence electrons. The van der Waals surface area contributed by atoms with Crippen LogP contribution in [0.3, 0.4) is 0 Å². The first-order chi connectivity index (χ1) is 19.0. The molecule has 20 heteroatoms. The van der Waals surface area contributed by atoms with Crippen molar-refractivity contribution in [3.05, 3.63) is 42.8 Å². The van der Waals surface area contributed by atoms with Crippen molar-refractivity contribution >= 4 is 61.7 Å². The minimum absolute atomic E-state index is 0.214. The van der Waals surface area contributed by atoms with E-state index >= 15 is 0 Å². The molecule has 3 rings (SSSR count). The van der Waals surface area contributed by atoms with Gasteiger partial charge in [-0.25, -0.2) is 9.13 Å². The number of amides is 2. The number of nitrogens with zero attached hydrogens (tertiary/aromatic N) is 4. The Morgan fingerprint density at radius 2 is 0.905 bits per heavy atom.